The predicted octanol–water partition coefficient (Wildman–Crippen LogP) is 2.19. The zero-order chi connectivity index (χ0) is 12.6. The van der Waals surface area contributed by atoms with Crippen LogP contribution in [0.1, 0.15) is 17.3 Å². The summed E-state index contributed by atoms with van der Waals surface area (Å²) in [5, 5.41) is 8.69. The molecule has 0 saturated heterocycles. The topological polar surface area (TPSA) is 124 Å². The van der Waals surface area contributed by atoms with Crippen LogP contribution in [0.25, 0.3) is 10.4 Å². The van der Waals surface area contributed by atoms with E-state index in [1.807, 2.05) is 0 Å². The summed E-state index contributed by atoms with van der Waals surface area (Å²) in [6.45, 7) is 1.22. The maximum absolute atomic E-state index is 10.6. The van der Waals surface area contributed by atoms with Crippen molar-refractivity contribution in [3.63, 3.8) is 0 Å². The standard InChI is InChI=1S/C9H8O4.HN3/c1-6(10)13-8-5-3-2-4-7(8)9(11)12;1-3-2/h2-5H,1H3,(H,11,12);1H. The molecule has 0 aliphatic heterocycles. The molecule has 1 aromatic carbocycles. The van der Waals surface area contributed by atoms with Crippen LogP contribution in [0.4, 0.5) is 0 Å². The molecule has 1 rings (SSSR count). The molecule has 0 aliphatic carbocycles. The number of carboxylic acids is 1. The SMILES string of the molecule is CC(=O)Oc1ccccc1C(=O)O.[N-]=[N+]=N. The van der Waals surface area contributed by atoms with Gasteiger partial charge in [-0.3, -0.25) is 4.79 Å². The van der Waals surface area contributed by atoms with Gasteiger partial charge in [0.25, 0.3) is 0 Å². The van der Waals surface area contributed by atoms with Crippen LogP contribution in [0, 0.1) is 5.53 Å². The van der Waals surface area contributed by atoms with Crippen molar-refractivity contribution in [2.45, 2.75) is 6.92 Å². The number of nitrogens with one attached hydrogen (secondary N) is 1. The Morgan fingerprint density at radius 1 is 1.44 bits per heavy atom. The van der Waals surface area contributed by atoms with Crippen molar-refractivity contribution in [2.24, 2.45) is 0 Å². The van der Waals surface area contributed by atoms with Gasteiger partial charge in [0.05, 0.1) is 0 Å². The molecule has 0 unspecified atom stereocenters. The Hall–Kier alpha value is -2.53. The number of para-hydroxylation sites is 1. The maximum atomic E-state index is 10.6. The second-order valence-corrected chi connectivity index (χ2v) is 2.49. The summed E-state index contributed by atoms with van der Waals surface area (Å²) < 4.78 is 4.69. The van der Waals surface area contributed by atoms with Crippen molar-refractivity contribution in [1.82, 2.24) is 0 Å². The van der Waals surface area contributed by atoms with Gasteiger partial charge < -0.3 is 9.84 Å². The van der Waals surface area contributed by atoms with E-state index in [4.69, 9.17) is 16.2 Å². The lowest BCUT2D eigenvalue weighted by Gasteiger charge is -2.03. The first kappa shape index (κ1) is 13.5. The summed E-state index contributed by atoms with van der Waals surface area (Å²) in [7, 11) is 0. The molecule has 0 heterocycles. The Balaban J connectivity index is 0.000000673. The van der Waals surface area contributed by atoms with Gasteiger partial charge in [-0.2, -0.15) is 0 Å². The highest BCUT2D eigenvalue weighted by Crippen LogP contribution is 2.17. The number of aromatic carboxylic acids is 1. The molecule has 0 spiro atoms. The smallest absolute Gasteiger partial charge is 0.339 e. The second kappa shape index (κ2) is 6.86. The van der Waals surface area contributed by atoms with Crippen LogP contribution in [-0.4, -0.2) is 17.0 Å². The molecule has 84 valence electrons. The average molecular weight is 223 g/mol. The number of ether oxygens (including phenoxy) is 1. The van der Waals surface area contributed by atoms with Gasteiger partial charge in [0.2, 0.25) is 0 Å². The van der Waals surface area contributed by atoms with Crippen LogP contribution in [0.15, 0.2) is 24.3 Å². The van der Waals surface area contributed by atoms with Crippen LogP contribution in [-0.2, 0) is 4.79 Å². The van der Waals surface area contributed by atoms with Crippen molar-refractivity contribution in [3.8, 4) is 5.75 Å². The lowest BCUT2D eigenvalue weighted by atomic mass is 10.2. The third kappa shape index (κ3) is 4.64. The van der Waals surface area contributed by atoms with E-state index in [2.05, 4.69) is 4.74 Å². The molecule has 7 heteroatoms. The number of carboxylic acid groups (broad SMARTS) is 1. The van der Waals surface area contributed by atoms with Gasteiger partial charge in [0.15, 0.2) is 0 Å². The number of carbonyl (C=O) groups excluding carboxylic acids is 1. The van der Waals surface area contributed by atoms with E-state index in [0.717, 1.165) is 0 Å². The zero-order valence-electron chi connectivity index (χ0n) is 8.38. The number of hydrogen-bond donors (Lipinski definition) is 2. The average Bonchev–Trinajstić information content (AvgIpc) is 2.18. The van der Waals surface area contributed by atoms with Crippen LogP contribution < -0.4 is 4.74 Å². The van der Waals surface area contributed by atoms with E-state index in [1.165, 1.54) is 19.1 Å². The van der Waals surface area contributed by atoms with Crippen LogP contribution >= 0.6 is 0 Å². The molecule has 0 saturated carbocycles. The van der Waals surface area contributed by atoms with Crippen LogP contribution in [0.3, 0.4) is 0 Å². The fraction of sp³-hybridized carbons (Fsp3) is 0.111. The lowest BCUT2D eigenvalue weighted by Crippen LogP contribution is -2.06. The summed E-state index contributed by atoms with van der Waals surface area (Å²) in [5.41, 5.74) is 12.2. The fourth-order valence-corrected chi connectivity index (χ4v) is 0.887. The van der Waals surface area contributed by atoms with Gasteiger partial charge in [-0.05, 0) is 22.6 Å². The molecule has 0 fully saturated rings. The Labute approximate surface area is 90.7 Å². The number of esters is 1. The van der Waals surface area contributed by atoms with E-state index in [9.17, 15) is 9.59 Å². The Kier molecular flexibility index (Phi) is 5.77. The molecule has 16 heavy (non-hydrogen) atoms. The molecule has 0 atom stereocenters. The van der Waals surface area contributed by atoms with E-state index in [1.54, 1.807) is 17.0 Å². The molecular weight excluding hydrogens is 214 g/mol. The Bertz CT molecular complexity index is 425. The quantitative estimate of drug-likeness (QED) is 0.262. The highest BCUT2D eigenvalue weighted by molar-refractivity contribution is 5.91. The summed E-state index contributed by atoms with van der Waals surface area (Å²) in [6.07, 6.45) is 0. The van der Waals surface area contributed by atoms with Crippen molar-refractivity contribution in [1.29, 1.82) is 5.53 Å². The molecule has 0 aromatic heterocycles. The predicted molar refractivity (Wildman–Crippen MR) is 54.1 cm³/mol. The number of carbonyl (C=O) groups is 2. The zero-order valence-corrected chi connectivity index (χ0v) is 8.38. The van der Waals surface area contributed by atoms with Gasteiger partial charge in [-0.1, -0.05) is 12.1 Å². The molecule has 0 radical (unpaired) electrons. The van der Waals surface area contributed by atoms with Gasteiger partial charge >= 0.3 is 11.9 Å². The monoisotopic (exact) mass is 223 g/mol. The number of benzene rings is 1. The first-order chi connectivity index (χ1) is 7.52. The molecular formula is C9H9N3O4. The van der Waals surface area contributed by atoms with Crippen molar-refractivity contribution in [2.75, 3.05) is 0 Å². The summed E-state index contributed by atoms with van der Waals surface area (Å²) in [5.74, 6) is -1.58. The van der Waals surface area contributed by atoms with Gasteiger partial charge in [0, 0.05) is 6.92 Å². The number of rotatable bonds is 2. The first-order valence-corrected chi connectivity index (χ1v) is 4.04. The van der Waals surface area contributed by atoms with E-state index in [0.29, 0.717) is 0 Å². The maximum Gasteiger partial charge on any atom is 0.339 e. The third-order valence-electron chi connectivity index (χ3n) is 1.37. The third-order valence-corrected chi connectivity index (χ3v) is 1.37. The minimum atomic E-state index is -1.11. The van der Waals surface area contributed by atoms with Gasteiger partial charge in [-0.25, -0.2) is 4.79 Å². The molecule has 7 nitrogen and oxygen atoms in total. The van der Waals surface area contributed by atoms with Crippen LogP contribution in [0.5, 0.6) is 5.75 Å². The minimum Gasteiger partial charge on any atom is -0.478 e. The summed E-state index contributed by atoms with van der Waals surface area (Å²) in [6, 6.07) is 5.98. The van der Waals surface area contributed by atoms with Crippen molar-refractivity contribution in [3.05, 3.63) is 40.3 Å². The molecule has 2 N–H and O–H groups in total. The first-order valence-electron chi connectivity index (χ1n) is 4.04. The molecule has 0 aliphatic rings. The van der Waals surface area contributed by atoms with Gasteiger partial charge in [0.1, 0.15) is 11.3 Å². The fourth-order valence-electron chi connectivity index (χ4n) is 0.887. The number of hydrogen-bond acceptors (Lipinski definition) is 4. The van der Waals surface area contributed by atoms with E-state index < -0.39 is 11.9 Å². The van der Waals surface area contributed by atoms with Gasteiger partial charge in [-0.15, -0.1) is 5.53 Å². The lowest BCUT2D eigenvalue weighted by molar-refractivity contribution is -0.131. The summed E-state index contributed by atoms with van der Waals surface area (Å²) in [4.78, 5) is 22.9. The normalized spacial score (nSPS) is 8.06. The highest BCUT2D eigenvalue weighted by atomic mass is 16.5. The Morgan fingerprint density at radius 2 is 1.94 bits per heavy atom. The van der Waals surface area contributed by atoms with E-state index in [-0.39, 0.29) is 11.3 Å². The largest absolute Gasteiger partial charge is 0.478 e. The second-order valence-electron chi connectivity index (χ2n) is 2.49. The summed E-state index contributed by atoms with van der Waals surface area (Å²) >= 11 is 0. The molecule has 0 bridgehead atoms. The number of nitrogens with zero attached hydrogens (tertiary/aromatic N) is 2. The Morgan fingerprint density at radius 3 is 2.38 bits per heavy atom. The van der Waals surface area contributed by atoms with Crippen molar-refractivity contribution >= 4 is 11.9 Å². The van der Waals surface area contributed by atoms with Crippen molar-refractivity contribution < 1.29 is 19.4 Å². The highest BCUT2D eigenvalue weighted by Gasteiger charge is 2.10. The molecule has 0 amide bonds. The minimum absolute atomic E-state index is 0.0160. The molecule has 1 aromatic rings. The van der Waals surface area contributed by atoms with Crippen LogP contribution in [0.2, 0.25) is 0 Å². The van der Waals surface area contributed by atoms with E-state index >= 15 is 0 Å².